The Hall–Kier alpha value is -1.62. The van der Waals surface area contributed by atoms with Crippen molar-refractivity contribution in [2.24, 2.45) is 5.73 Å². The summed E-state index contributed by atoms with van der Waals surface area (Å²) >= 11 is 0. The maximum atomic E-state index is 12.5. The summed E-state index contributed by atoms with van der Waals surface area (Å²) in [6.45, 7) is -0.331. The Morgan fingerprint density at radius 1 is 1.33 bits per heavy atom. The predicted molar refractivity (Wildman–Crippen MR) is 56.2 cm³/mol. The molecule has 0 radical (unpaired) electrons. The number of hydrogen-bond acceptors (Lipinski definition) is 4. The van der Waals surface area contributed by atoms with Crippen LogP contribution in [0.1, 0.15) is 22.8 Å². The van der Waals surface area contributed by atoms with E-state index in [0.717, 1.165) is 12.1 Å². The molecule has 0 bridgehead atoms. The zero-order valence-electron chi connectivity index (χ0n) is 9.15. The first-order valence-electron chi connectivity index (χ1n) is 4.98. The minimum absolute atomic E-state index is 0.136. The molecule has 1 aromatic rings. The van der Waals surface area contributed by atoms with Gasteiger partial charge in [0.05, 0.1) is 23.3 Å². The first-order chi connectivity index (χ1) is 8.31. The smallest absolute Gasteiger partial charge is 0.389 e. The summed E-state index contributed by atoms with van der Waals surface area (Å²) in [5.74, 6) is 0. The van der Waals surface area contributed by atoms with Gasteiger partial charge >= 0.3 is 6.18 Å². The fourth-order valence-electron chi connectivity index (χ4n) is 1.42. The zero-order valence-corrected chi connectivity index (χ0v) is 9.15. The summed E-state index contributed by atoms with van der Waals surface area (Å²) in [5.41, 5.74) is 3.69. The summed E-state index contributed by atoms with van der Waals surface area (Å²) in [6, 6.07) is 3.98. The van der Waals surface area contributed by atoms with Crippen LogP contribution in [-0.4, -0.2) is 22.9 Å². The third-order valence-electron chi connectivity index (χ3n) is 2.42. The van der Waals surface area contributed by atoms with Crippen LogP contribution < -0.4 is 5.73 Å². The lowest BCUT2D eigenvalue weighted by Gasteiger charge is -2.19. The summed E-state index contributed by atoms with van der Waals surface area (Å²) in [5, 5.41) is 27.7. The van der Waals surface area contributed by atoms with Crippen molar-refractivity contribution >= 4 is 0 Å². The van der Waals surface area contributed by atoms with Gasteiger partial charge in [-0.25, -0.2) is 0 Å². The molecule has 0 aromatic heterocycles. The number of aliphatic hydroxyl groups excluding tert-OH is 2. The maximum absolute atomic E-state index is 12.5. The second kappa shape index (κ2) is 5.35. The Labute approximate surface area is 101 Å². The van der Waals surface area contributed by atoms with Gasteiger partial charge in [0.2, 0.25) is 0 Å². The lowest BCUT2D eigenvalue weighted by molar-refractivity contribution is -0.137. The van der Waals surface area contributed by atoms with E-state index in [1.165, 1.54) is 0 Å². The molecule has 0 aliphatic rings. The van der Waals surface area contributed by atoms with E-state index in [4.69, 9.17) is 11.0 Å². The van der Waals surface area contributed by atoms with Crippen LogP contribution in [0.15, 0.2) is 18.2 Å². The van der Waals surface area contributed by atoms with Crippen LogP contribution in [0.4, 0.5) is 13.2 Å². The molecule has 0 amide bonds. The summed E-state index contributed by atoms with van der Waals surface area (Å²) in [4.78, 5) is 0. The molecule has 4 nitrogen and oxygen atoms in total. The Morgan fingerprint density at radius 2 is 1.94 bits per heavy atom. The summed E-state index contributed by atoms with van der Waals surface area (Å²) in [6.07, 6.45) is -7.65. The highest BCUT2D eigenvalue weighted by molar-refractivity contribution is 5.42. The van der Waals surface area contributed by atoms with Gasteiger partial charge in [-0.05, 0) is 18.2 Å². The van der Waals surface area contributed by atoms with Gasteiger partial charge in [0.1, 0.15) is 6.10 Å². The maximum Gasteiger partial charge on any atom is 0.416 e. The van der Waals surface area contributed by atoms with Crippen molar-refractivity contribution in [3.05, 3.63) is 34.9 Å². The second-order valence-corrected chi connectivity index (χ2v) is 3.66. The highest BCUT2D eigenvalue weighted by atomic mass is 19.4. The second-order valence-electron chi connectivity index (χ2n) is 3.66. The minimum atomic E-state index is -4.59. The Bertz CT molecular complexity index is 468. The predicted octanol–water partition coefficient (Wildman–Crippen LogP) is 0.930. The standard InChI is InChI=1S/C11H11F3N2O2/c12-11(13,14)7-2-1-6(4-15)8(3-7)10(18)9(17)5-16/h1-3,9-10,17-18H,5,16H2. The van der Waals surface area contributed by atoms with Crippen molar-refractivity contribution in [2.45, 2.75) is 18.4 Å². The molecule has 2 unspecified atom stereocenters. The van der Waals surface area contributed by atoms with E-state index in [1.54, 1.807) is 6.07 Å². The van der Waals surface area contributed by atoms with Gasteiger partial charge in [-0.2, -0.15) is 18.4 Å². The van der Waals surface area contributed by atoms with Crippen LogP contribution in [0.3, 0.4) is 0 Å². The van der Waals surface area contributed by atoms with Crippen LogP contribution in [-0.2, 0) is 6.18 Å². The number of rotatable bonds is 3. The molecule has 0 saturated carbocycles. The van der Waals surface area contributed by atoms with Crippen LogP contribution in [0.25, 0.3) is 0 Å². The highest BCUT2D eigenvalue weighted by Crippen LogP contribution is 2.32. The third-order valence-corrected chi connectivity index (χ3v) is 2.42. The number of nitrogens with two attached hydrogens (primary N) is 1. The molecule has 1 aromatic carbocycles. The molecule has 1 rings (SSSR count). The van der Waals surface area contributed by atoms with E-state index in [9.17, 15) is 23.4 Å². The molecule has 18 heavy (non-hydrogen) atoms. The molecule has 0 spiro atoms. The number of hydrogen-bond donors (Lipinski definition) is 3. The SMILES string of the molecule is N#Cc1ccc(C(F)(F)F)cc1C(O)C(O)CN. The number of nitrogens with zero attached hydrogens (tertiary/aromatic N) is 1. The first kappa shape index (κ1) is 14.4. The van der Waals surface area contributed by atoms with Crippen molar-refractivity contribution < 1.29 is 23.4 Å². The molecule has 2 atom stereocenters. The lowest BCUT2D eigenvalue weighted by Crippen LogP contribution is -2.28. The number of benzene rings is 1. The topological polar surface area (TPSA) is 90.3 Å². The molecule has 0 aliphatic heterocycles. The normalized spacial score (nSPS) is 14.9. The van der Waals surface area contributed by atoms with Crippen LogP contribution in [0.5, 0.6) is 0 Å². The van der Waals surface area contributed by atoms with Crippen molar-refractivity contribution in [3.8, 4) is 6.07 Å². The summed E-state index contributed by atoms with van der Waals surface area (Å²) in [7, 11) is 0. The Balaban J connectivity index is 3.28. The monoisotopic (exact) mass is 260 g/mol. The molecule has 0 heterocycles. The van der Waals surface area contributed by atoms with Gasteiger partial charge in [-0.1, -0.05) is 0 Å². The van der Waals surface area contributed by atoms with Crippen molar-refractivity contribution in [1.29, 1.82) is 5.26 Å². The van der Waals surface area contributed by atoms with Gasteiger partial charge in [-0.3, -0.25) is 0 Å². The Kier molecular flexibility index (Phi) is 4.29. The number of alkyl halides is 3. The number of nitriles is 1. The number of halogens is 3. The molecule has 0 fully saturated rings. The summed E-state index contributed by atoms with van der Waals surface area (Å²) < 4.78 is 37.5. The van der Waals surface area contributed by atoms with E-state index in [1.807, 2.05) is 0 Å². The zero-order chi connectivity index (χ0) is 13.9. The average molecular weight is 260 g/mol. The fraction of sp³-hybridized carbons (Fsp3) is 0.364. The number of aliphatic hydroxyl groups is 2. The molecule has 7 heteroatoms. The van der Waals surface area contributed by atoms with Crippen molar-refractivity contribution in [1.82, 2.24) is 0 Å². The minimum Gasteiger partial charge on any atom is -0.389 e. The Morgan fingerprint density at radius 3 is 2.39 bits per heavy atom. The fourth-order valence-corrected chi connectivity index (χ4v) is 1.42. The van der Waals surface area contributed by atoms with E-state index >= 15 is 0 Å². The van der Waals surface area contributed by atoms with Gasteiger partial charge in [0.15, 0.2) is 0 Å². The van der Waals surface area contributed by atoms with Crippen LogP contribution in [0.2, 0.25) is 0 Å². The quantitative estimate of drug-likeness (QED) is 0.754. The van der Waals surface area contributed by atoms with Gasteiger partial charge in [-0.15, -0.1) is 0 Å². The molecule has 0 aliphatic carbocycles. The van der Waals surface area contributed by atoms with E-state index < -0.39 is 23.9 Å². The lowest BCUT2D eigenvalue weighted by atomic mass is 9.96. The van der Waals surface area contributed by atoms with E-state index in [-0.39, 0.29) is 17.7 Å². The first-order valence-corrected chi connectivity index (χ1v) is 4.98. The third kappa shape index (κ3) is 2.98. The largest absolute Gasteiger partial charge is 0.416 e. The van der Waals surface area contributed by atoms with Crippen molar-refractivity contribution in [2.75, 3.05) is 6.54 Å². The van der Waals surface area contributed by atoms with E-state index in [0.29, 0.717) is 6.07 Å². The van der Waals surface area contributed by atoms with Crippen LogP contribution in [0, 0.1) is 11.3 Å². The molecular formula is C11H11F3N2O2. The van der Waals surface area contributed by atoms with Gasteiger partial charge < -0.3 is 15.9 Å². The molecule has 0 saturated heterocycles. The molecule has 4 N–H and O–H groups in total. The van der Waals surface area contributed by atoms with Gasteiger partial charge in [0, 0.05) is 12.1 Å². The van der Waals surface area contributed by atoms with E-state index in [2.05, 4.69) is 0 Å². The van der Waals surface area contributed by atoms with Crippen molar-refractivity contribution in [3.63, 3.8) is 0 Å². The highest BCUT2D eigenvalue weighted by Gasteiger charge is 2.32. The van der Waals surface area contributed by atoms with Crippen LogP contribution >= 0.6 is 0 Å². The molecule has 98 valence electrons. The average Bonchev–Trinajstić information content (AvgIpc) is 2.35. The van der Waals surface area contributed by atoms with Gasteiger partial charge in [0.25, 0.3) is 0 Å². The molecular weight excluding hydrogens is 249 g/mol.